The number of hydrogen-bond donors (Lipinski definition) is 3. The van der Waals surface area contributed by atoms with Crippen LogP contribution < -0.4 is 20.5 Å². The first-order chi connectivity index (χ1) is 34.9. The first-order valence-electron chi connectivity index (χ1n) is 25.9. The van der Waals surface area contributed by atoms with Crippen molar-refractivity contribution in [3.63, 3.8) is 0 Å². The van der Waals surface area contributed by atoms with Gasteiger partial charge in [-0.2, -0.15) is 0 Å². The largest absolute Gasteiger partial charge is 0.508 e. The zero-order chi connectivity index (χ0) is 50.1. The molecule has 0 unspecified atom stereocenters. The second kappa shape index (κ2) is 21.2. The summed E-state index contributed by atoms with van der Waals surface area (Å²) in [5.41, 5.74) is 3.59. The Morgan fingerprint density at radius 3 is 2.44 bits per heavy atom. The predicted octanol–water partition coefficient (Wildman–Crippen LogP) is 8.19. The van der Waals surface area contributed by atoms with Crippen molar-refractivity contribution in [2.45, 2.75) is 128 Å². The van der Waals surface area contributed by atoms with E-state index in [4.69, 9.17) is 32.6 Å². The van der Waals surface area contributed by atoms with Gasteiger partial charge in [-0.25, -0.2) is 14.6 Å². The number of nitrogens with one attached hydrogen (secondary N) is 1. The van der Waals surface area contributed by atoms with Crippen molar-refractivity contribution < 1.29 is 29.3 Å². The number of anilines is 1. The maximum absolute atomic E-state index is 13.7. The topological polar surface area (TPSA) is 180 Å². The van der Waals surface area contributed by atoms with Crippen molar-refractivity contribution in [1.82, 2.24) is 34.9 Å². The monoisotopic (exact) mass is 997 g/mol. The maximum Gasteiger partial charge on any atom is 0.343 e. The van der Waals surface area contributed by atoms with E-state index in [0.717, 1.165) is 124 Å². The van der Waals surface area contributed by atoms with Gasteiger partial charge in [0, 0.05) is 73.9 Å². The molecule has 3 N–H and O–H groups in total. The van der Waals surface area contributed by atoms with E-state index in [9.17, 15) is 24.6 Å². The van der Waals surface area contributed by atoms with Crippen LogP contribution in [0, 0.1) is 19.4 Å². The molecular weight excluding hydrogens is 934 g/mol. The molecular formula is C55H64ClN9O7. The second-order valence-electron chi connectivity index (χ2n) is 20.5. The summed E-state index contributed by atoms with van der Waals surface area (Å²) in [7, 11) is 0. The second-order valence-corrected chi connectivity index (χ2v) is 20.8. The summed E-state index contributed by atoms with van der Waals surface area (Å²) in [5, 5.41) is 35.6. The number of amides is 1. The number of carbonyl (C=O) groups is 2. The minimum Gasteiger partial charge on any atom is -0.508 e. The van der Waals surface area contributed by atoms with Crippen molar-refractivity contribution in [2.75, 3.05) is 50.7 Å². The first-order valence-corrected chi connectivity index (χ1v) is 26.3. The number of aromatic hydroxyl groups is 1. The molecule has 5 aromatic rings. The van der Waals surface area contributed by atoms with Crippen LogP contribution in [0.1, 0.15) is 122 Å². The SMILES string of the molecule is [C-]#[N+]c1ccc(OC2CCC(NC(=O)c3ccc(N4CCC(CCCCCCN5CCN(Cc6c(O)ccc7nc8c(cc67)Cn6c-8cc7c(c6=O)COC(=O)[C@]7(O)CC)CC5)CC4)nn3)CC2)c(C)c1Cl. The van der Waals surface area contributed by atoms with Crippen LogP contribution in [0.3, 0.4) is 0 Å². The molecule has 17 heteroatoms. The third kappa shape index (κ3) is 10.0. The highest BCUT2D eigenvalue weighted by atomic mass is 35.5. The molecule has 16 nitrogen and oxygen atoms in total. The van der Waals surface area contributed by atoms with Crippen molar-refractivity contribution in [2.24, 2.45) is 5.92 Å². The lowest BCUT2D eigenvalue weighted by molar-refractivity contribution is -0.172. The quantitative estimate of drug-likeness (QED) is 0.0510. The minimum atomic E-state index is -1.88. The third-order valence-electron chi connectivity index (χ3n) is 16.0. The molecule has 72 heavy (non-hydrogen) atoms. The van der Waals surface area contributed by atoms with E-state index in [-0.39, 0.29) is 42.4 Å². The van der Waals surface area contributed by atoms with Crippen molar-refractivity contribution in [1.29, 1.82) is 0 Å². The number of carbonyl (C=O) groups excluding carboxylic acids is 2. The van der Waals surface area contributed by atoms with Crippen molar-refractivity contribution >= 4 is 45.9 Å². The molecule has 2 aromatic carbocycles. The smallest absolute Gasteiger partial charge is 0.343 e. The van der Waals surface area contributed by atoms with E-state index in [0.29, 0.717) is 57.8 Å². The Morgan fingerprint density at radius 1 is 0.944 bits per heavy atom. The number of piperidine rings is 1. The van der Waals surface area contributed by atoms with Gasteiger partial charge in [-0.15, -0.1) is 10.2 Å². The number of hydrogen-bond acceptors (Lipinski definition) is 13. The lowest BCUT2D eigenvalue weighted by Crippen LogP contribution is -2.46. The van der Waals surface area contributed by atoms with E-state index in [2.05, 4.69) is 35.1 Å². The summed E-state index contributed by atoms with van der Waals surface area (Å²) in [4.78, 5) is 55.0. The molecule has 5 aliphatic rings. The Labute approximate surface area is 425 Å². The normalized spacial score (nSPS) is 21.4. The molecule has 7 heterocycles. The van der Waals surface area contributed by atoms with Gasteiger partial charge in [0.2, 0.25) is 5.69 Å². The average molecular weight is 999 g/mol. The van der Waals surface area contributed by atoms with Gasteiger partial charge in [-0.3, -0.25) is 14.5 Å². The fraction of sp³-hybridized carbons (Fsp3) is 0.509. The van der Waals surface area contributed by atoms with E-state index < -0.39 is 11.6 Å². The number of unbranched alkanes of at least 4 members (excludes halogenated alkanes) is 3. The van der Waals surface area contributed by atoms with Gasteiger partial charge < -0.3 is 39.4 Å². The van der Waals surface area contributed by atoms with Gasteiger partial charge in [0.25, 0.3) is 11.5 Å². The molecule has 0 radical (unpaired) electrons. The molecule has 1 atom stereocenters. The molecule has 378 valence electrons. The highest BCUT2D eigenvalue weighted by Gasteiger charge is 2.45. The third-order valence-corrected chi connectivity index (χ3v) is 16.5. The average Bonchev–Trinajstić information content (AvgIpc) is 3.76. The highest BCUT2D eigenvalue weighted by Crippen LogP contribution is 2.41. The zero-order valence-corrected chi connectivity index (χ0v) is 42.1. The van der Waals surface area contributed by atoms with Crippen LogP contribution in [-0.2, 0) is 34.8 Å². The zero-order valence-electron chi connectivity index (χ0n) is 41.3. The Kier molecular flexibility index (Phi) is 14.5. The number of benzene rings is 2. The summed E-state index contributed by atoms with van der Waals surface area (Å²) >= 11 is 6.34. The van der Waals surface area contributed by atoms with Gasteiger partial charge in [0.15, 0.2) is 17.1 Å². The molecule has 1 aliphatic carbocycles. The van der Waals surface area contributed by atoms with Crippen LogP contribution in [0.15, 0.2) is 53.3 Å². The molecule has 0 spiro atoms. The fourth-order valence-electron chi connectivity index (χ4n) is 11.5. The van der Waals surface area contributed by atoms with Crippen molar-refractivity contribution in [3.05, 3.63) is 109 Å². The van der Waals surface area contributed by atoms with E-state index in [1.54, 1.807) is 41.8 Å². The van der Waals surface area contributed by atoms with Gasteiger partial charge in [-0.05, 0) is 119 Å². The van der Waals surface area contributed by atoms with E-state index >= 15 is 0 Å². The first kappa shape index (κ1) is 49.5. The summed E-state index contributed by atoms with van der Waals surface area (Å²) in [6.45, 7) is 18.3. The maximum atomic E-state index is 13.7. The summed E-state index contributed by atoms with van der Waals surface area (Å²) in [6, 6.07) is 14.5. The molecule has 0 bridgehead atoms. The number of piperazine rings is 1. The predicted molar refractivity (Wildman–Crippen MR) is 275 cm³/mol. The Balaban J connectivity index is 0.614. The van der Waals surface area contributed by atoms with Crippen LogP contribution in [0.5, 0.6) is 11.5 Å². The van der Waals surface area contributed by atoms with Gasteiger partial charge in [0.1, 0.15) is 18.1 Å². The number of phenolic OH excluding ortho intramolecular Hbond substituents is 1. The number of phenols is 1. The van der Waals surface area contributed by atoms with Crippen molar-refractivity contribution in [3.8, 4) is 22.9 Å². The number of cyclic esters (lactones) is 1. The van der Waals surface area contributed by atoms with Crippen LogP contribution in [0.25, 0.3) is 27.1 Å². The fourth-order valence-corrected chi connectivity index (χ4v) is 11.7. The molecule has 10 rings (SSSR count). The Bertz CT molecular complexity index is 2950. The number of nitrogens with zero attached hydrogens (tertiary/aromatic N) is 8. The molecule has 3 fully saturated rings. The molecule has 3 aromatic heterocycles. The molecule has 4 aliphatic heterocycles. The number of fused-ring (bicyclic) bond motifs is 5. The number of aromatic nitrogens is 4. The number of aliphatic hydroxyl groups is 1. The van der Waals surface area contributed by atoms with E-state index in [1.165, 1.54) is 32.1 Å². The Morgan fingerprint density at radius 2 is 1.71 bits per heavy atom. The van der Waals surface area contributed by atoms with Crippen LogP contribution in [-0.4, -0.2) is 110 Å². The summed E-state index contributed by atoms with van der Waals surface area (Å²) < 4.78 is 13.1. The molecule has 1 amide bonds. The van der Waals surface area contributed by atoms with Crippen LogP contribution >= 0.6 is 11.6 Å². The summed E-state index contributed by atoms with van der Waals surface area (Å²) in [6.07, 6.45) is 11.8. The van der Waals surface area contributed by atoms with E-state index in [1.807, 2.05) is 25.1 Å². The van der Waals surface area contributed by atoms with Gasteiger partial charge in [0.05, 0.1) is 46.7 Å². The number of rotatable bonds is 15. The lowest BCUT2D eigenvalue weighted by atomic mass is 9.86. The lowest BCUT2D eigenvalue weighted by Gasteiger charge is -2.35. The van der Waals surface area contributed by atoms with Gasteiger partial charge in [-0.1, -0.05) is 50.3 Å². The highest BCUT2D eigenvalue weighted by molar-refractivity contribution is 6.34. The molecule has 2 saturated heterocycles. The van der Waals surface area contributed by atoms with Gasteiger partial charge >= 0.3 is 5.97 Å². The standard InChI is InChI=1S/C55H64ClN9O7/c1-4-55(70)42-30-46-51-36(31-65(46)53(68)41(42)33-71-54(55)69)29-39-40(47(66)17-14-43(39)59-51)32-63-27-25-62(26-28-63)22-8-6-5-7-9-35-20-23-64(24-21-35)49-19-16-45(60-61-49)52(67)58-37-10-12-38(13-11-37)72-48-18-15-44(57-3)50(56)34(48)2/h14-19,29-30,35,37-38,66,70H,4-13,20-28,31-33H2,1-2H3,(H,58,67)/t37?,38?,55-/m0/s1. The summed E-state index contributed by atoms with van der Waals surface area (Å²) in [5.74, 6) is 1.54. The van der Waals surface area contributed by atoms with Crippen LogP contribution in [0.2, 0.25) is 5.02 Å². The molecule has 1 saturated carbocycles. The van der Waals surface area contributed by atoms with Crippen LogP contribution in [0.4, 0.5) is 11.5 Å². The number of pyridine rings is 2. The minimum absolute atomic E-state index is 0.0310. The Hall–Kier alpha value is -6.12. The number of halogens is 1. The number of ether oxygens (including phenoxy) is 2. The number of esters is 1.